The minimum Gasteiger partial charge on any atom is -0.396 e. The molecule has 1 aliphatic carbocycles. The zero-order valence-corrected chi connectivity index (χ0v) is 7.61. The lowest BCUT2D eigenvalue weighted by Gasteiger charge is -2.20. The summed E-state index contributed by atoms with van der Waals surface area (Å²) in [6.45, 7) is 3.87. The smallest absolute Gasteiger partial charge is 0.251 e. The fraction of sp³-hybridized carbons (Fsp3) is 1.00. The van der Waals surface area contributed by atoms with E-state index in [0.717, 1.165) is 0 Å². The predicted molar refractivity (Wildman–Crippen MR) is 43.2 cm³/mol. The first-order chi connectivity index (χ1) is 5.37. The van der Waals surface area contributed by atoms with E-state index in [0.29, 0.717) is 12.8 Å². The van der Waals surface area contributed by atoms with Crippen LogP contribution in [-0.4, -0.2) is 17.6 Å². The molecule has 0 saturated heterocycles. The molecule has 3 heteroatoms. The summed E-state index contributed by atoms with van der Waals surface area (Å²) < 4.78 is 24.8. The van der Waals surface area contributed by atoms with Crippen LogP contribution in [0.5, 0.6) is 0 Å². The lowest BCUT2D eigenvalue weighted by Crippen LogP contribution is -2.16. The van der Waals surface area contributed by atoms with Crippen LogP contribution >= 0.6 is 0 Å². The maximum atomic E-state index is 12.4. The average molecular weight is 178 g/mol. The third-order valence-electron chi connectivity index (χ3n) is 2.55. The topological polar surface area (TPSA) is 20.2 Å². The van der Waals surface area contributed by atoms with Crippen molar-refractivity contribution in [2.45, 2.75) is 39.0 Å². The standard InChI is InChI=1S/C9H16F2O/c1-8(2,6-12)4-3-7-5-9(7,10)11/h7,12H,3-6H2,1-2H3. The van der Waals surface area contributed by atoms with Crippen molar-refractivity contribution >= 4 is 0 Å². The summed E-state index contributed by atoms with van der Waals surface area (Å²) in [5, 5.41) is 8.87. The molecule has 0 heterocycles. The van der Waals surface area contributed by atoms with Crippen LogP contribution in [0.15, 0.2) is 0 Å². The molecule has 12 heavy (non-hydrogen) atoms. The second-order valence-corrected chi connectivity index (χ2v) is 4.52. The van der Waals surface area contributed by atoms with Crippen LogP contribution in [0, 0.1) is 11.3 Å². The Morgan fingerprint density at radius 3 is 2.33 bits per heavy atom. The molecule has 0 aromatic carbocycles. The first kappa shape index (κ1) is 9.90. The number of rotatable bonds is 4. The van der Waals surface area contributed by atoms with Gasteiger partial charge in [-0.25, -0.2) is 8.78 Å². The van der Waals surface area contributed by atoms with Crippen molar-refractivity contribution in [3.05, 3.63) is 0 Å². The van der Waals surface area contributed by atoms with Crippen molar-refractivity contribution in [1.82, 2.24) is 0 Å². The normalized spacial score (nSPS) is 27.2. The second kappa shape index (κ2) is 2.95. The summed E-state index contributed by atoms with van der Waals surface area (Å²) in [4.78, 5) is 0. The van der Waals surface area contributed by atoms with Crippen LogP contribution in [0.3, 0.4) is 0 Å². The lowest BCUT2D eigenvalue weighted by atomic mass is 9.88. The number of alkyl halides is 2. The molecule has 0 amide bonds. The van der Waals surface area contributed by atoms with Gasteiger partial charge in [0.15, 0.2) is 0 Å². The number of hydrogen-bond donors (Lipinski definition) is 1. The highest BCUT2D eigenvalue weighted by Gasteiger charge is 2.56. The maximum Gasteiger partial charge on any atom is 0.251 e. The van der Waals surface area contributed by atoms with Gasteiger partial charge in [0.1, 0.15) is 0 Å². The van der Waals surface area contributed by atoms with E-state index in [2.05, 4.69) is 0 Å². The number of aliphatic hydroxyl groups excluding tert-OH is 1. The van der Waals surface area contributed by atoms with Gasteiger partial charge in [-0.1, -0.05) is 13.8 Å². The van der Waals surface area contributed by atoms with Crippen molar-refractivity contribution in [1.29, 1.82) is 0 Å². The highest BCUT2D eigenvalue weighted by Crippen LogP contribution is 2.52. The van der Waals surface area contributed by atoms with Gasteiger partial charge in [0.05, 0.1) is 0 Å². The Morgan fingerprint density at radius 1 is 1.50 bits per heavy atom. The Balaban J connectivity index is 2.19. The summed E-state index contributed by atoms with van der Waals surface area (Å²) >= 11 is 0. The van der Waals surface area contributed by atoms with Gasteiger partial charge in [0.2, 0.25) is 0 Å². The van der Waals surface area contributed by atoms with Gasteiger partial charge >= 0.3 is 0 Å². The van der Waals surface area contributed by atoms with E-state index in [9.17, 15) is 8.78 Å². The Kier molecular flexibility index (Phi) is 2.43. The third kappa shape index (κ3) is 2.41. The molecule has 1 unspecified atom stereocenters. The van der Waals surface area contributed by atoms with Gasteiger partial charge in [-0.15, -0.1) is 0 Å². The van der Waals surface area contributed by atoms with E-state index in [1.165, 1.54) is 0 Å². The van der Waals surface area contributed by atoms with Crippen LogP contribution in [0.2, 0.25) is 0 Å². The average Bonchev–Trinajstić information content (AvgIpc) is 2.56. The molecule has 1 N–H and O–H groups in total. The van der Waals surface area contributed by atoms with Gasteiger partial charge in [-0.05, 0) is 18.3 Å². The minimum absolute atomic E-state index is 0.0501. The van der Waals surface area contributed by atoms with Crippen LogP contribution in [-0.2, 0) is 0 Å². The van der Waals surface area contributed by atoms with E-state index in [4.69, 9.17) is 5.11 Å². The quantitative estimate of drug-likeness (QED) is 0.701. The van der Waals surface area contributed by atoms with E-state index in [1.807, 2.05) is 13.8 Å². The first-order valence-electron chi connectivity index (χ1n) is 4.36. The Labute approximate surface area is 71.8 Å². The zero-order chi connectivity index (χ0) is 9.41. The largest absolute Gasteiger partial charge is 0.396 e. The molecule has 0 radical (unpaired) electrons. The van der Waals surface area contributed by atoms with Gasteiger partial charge in [-0.2, -0.15) is 0 Å². The molecule has 1 fully saturated rings. The molecule has 0 spiro atoms. The summed E-state index contributed by atoms with van der Waals surface area (Å²) in [7, 11) is 0. The van der Waals surface area contributed by atoms with Crippen molar-refractivity contribution in [2.24, 2.45) is 11.3 Å². The lowest BCUT2D eigenvalue weighted by molar-refractivity contribution is 0.0882. The molecule has 72 valence electrons. The van der Waals surface area contributed by atoms with Gasteiger partial charge in [0.25, 0.3) is 5.92 Å². The van der Waals surface area contributed by atoms with E-state index in [1.54, 1.807) is 0 Å². The van der Waals surface area contributed by atoms with Crippen molar-refractivity contribution in [3.8, 4) is 0 Å². The van der Waals surface area contributed by atoms with Crippen LogP contribution in [0.25, 0.3) is 0 Å². The fourth-order valence-corrected chi connectivity index (χ4v) is 1.23. The number of hydrogen-bond acceptors (Lipinski definition) is 1. The summed E-state index contributed by atoms with van der Waals surface area (Å²) in [6.07, 6.45) is 1.28. The molecular weight excluding hydrogens is 162 g/mol. The molecule has 0 aliphatic heterocycles. The monoisotopic (exact) mass is 178 g/mol. The third-order valence-corrected chi connectivity index (χ3v) is 2.55. The predicted octanol–water partition coefficient (Wildman–Crippen LogP) is 2.44. The Bertz CT molecular complexity index is 166. The second-order valence-electron chi connectivity index (χ2n) is 4.52. The zero-order valence-electron chi connectivity index (χ0n) is 7.61. The first-order valence-corrected chi connectivity index (χ1v) is 4.36. The molecule has 1 aliphatic rings. The van der Waals surface area contributed by atoms with E-state index >= 15 is 0 Å². The summed E-state index contributed by atoms with van der Waals surface area (Å²) in [5.74, 6) is -2.81. The highest BCUT2D eigenvalue weighted by atomic mass is 19.3. The Hall–Kier alpha value is -0.180. The van der Waals surface area contributed by atoms with Crippen LogP contribution in [0.4, 0.5) is 8.78 Å². The van der Waals surface area contributed by atoms with Gasteiger partial charge in [0, 0.05) is 18.9 Å². The number of halogens is 2. The Morgan fingerprint density at radius 2 is 2.00 bits per heavy atom. The molecule has 1 nitrogen and oxygen atoms in total. The van der Waals surface area contributed by atoms with Crippen LogP contribution < -0.4 is 0 Å². The fourth-order valence-electron chi connectivity index (χ4n) is 1.23. The van der Waals surface area contributed by atoms with E-state index < -0.39 is 11.8 Å². The minimum atomic E-state index is -2.40. The molecular formula is C9H16F2O. The van der Waals surface area contributed by atoms with Crippen LogP contribution in [0.1, 0.15) is 33.1 Å². The molecule has 1 rings (SSSR count). The maximum absolute atomic E-state index is 12.4. The van der Waals surface area contributed by atoms with Gasteiger partial charge < -0.3 is 5.11 Å². The molecule has 0 aromatic heterocycles. The van der Waals surface area contributed by atoms with Crippen molar-refractivity contribution in [3.63, 3.8) is 0 Å². The number of aliphatic hydroxyl groups is 1. The summed E-state index contributed by atoms with van der Waals surface area (Å²) in [6, 6.07) is 0. The van der Waals surface area contributed by atoms with E-state index in [-0.39, 0.29) is 18.4 Å². The molecule has 0 aromatic rings. The summed E-state index contributed by atoms with van der Waals surface area (Å²) in [5.41, 5.74) is -0.196. The molecule has 1 atom stereocenters. The van der Waals surface area contributed by atoms with Gasteiger partial charge in [-0.3, -0.25) is 0 Å². The van der Waals surface area contributed by atoms with Crippen molar-refractivity contribution in [2.75, 3.05) is 6.61 Å². The highest BCUT2D eigenvalue weighted by molar-refractivity contribution is 4.95. The molecule has 1 saturated carbocycles. The molecule has 0 bridgehead atoms. The van der Waals surface area contributed by atoms with Crippen molar-refractivity contribution < 1.29 is 13.9 Å². The SMILES string of the molecule is CC(C)(CO)CCC1CC1(F)F.